The lowest BCUT2D eigenvalue weighted by molar-refractivity contribution is 0.660. The molecule has 0 heterocycles. The van der Waals surface area contributed by atoms with Crippen molar-refractivity contribution in [2.45, 2.75) is 24.7 Å². The van der Waals surface area contributed by atoms with Crippen molar-refractivity contribution in [2.24, 2.45) is 0 Å². The van der Waals surface area contributed by atoms with Crippen LogP contribution in [0.5, 0.6) is 0 Å². The number of benzene rings is 12. The summed E-state index contributed by atoms with van der Waals surface area (Å²) in [7, 11) is 0. The zero-order valence-electron chi connectivity index (χ0n) is 44.3. The van der Waals surface area contributed by atoms with E-state index in [1.165, 1.54) is 122 Å². The average molecular weight is 1010 g/mol. The van der Waals surface area contributed by atoms with Gasteiger partial charge in [-0.1, -0.05) is 257 Å². The SMILES string of the molecule is C=Cc1ccc(-c2ccc3c(c2)C2(c4ccccc4-3)c3ccccc3-c3ccc(-c4ccc(-c5ccc(-c6ccc(N(c7ccc(-c8ccccc8)cc7)c7ccc8c(c7)C(C)(C)c7ccccc7-8)cc6)cc5)cc4)cc32)cc1. The second kappa shape index (κ2) is 18.2. The van der Waals surface area contributed by atoms with Gasteiger partial charge in [0, 0.05) is 22.5 Å². The molecule has 0 N–H and O–H groups in total. The van der Waals surface area contributed by atoms with Crippen molar-refractivity contribution < 1.29 is 0 Å². The Hall–Kier alpha value is -9.82. The lowest BCUT2D eigenvalue weighted by Crippen LogP contribution is -2.26. The van der Waals surface area contributed by atoms with E-state index in [4.69, 9.17) is 0 Å². The van der Waals surface area contributed by atoms with Gasteiger partial charge in [0.25, 0.3) is 0 Å². The van der Waals surface area contributed by atoms with Crippen LogP contribution in [0.4, 0.5) is 17.1 Å². The zero-order chi connectivity index (χ0) is 52.8. The molecule has 0 bridgehead atoms. The summed E-state index contributed by atoms with van der Waals surface area (Å²) < 4.78 is 0. The molecule has 372 valence electrons. The molecule has 0 aliphatic heterocycles. The molecule has 1 atom stereocenters. The minimum Gasteiger partial charge on any atom is -0.310 e. The minimum absolute atomic E-state index is 0.106. The molecular weight excluding hydrogens is 951 g/mol. The summed E-state index contributed by atoms with van der Waals surface area (Å²) in [5.74, 6) is 0. The van der Waals surface area contributed by atoms with Gasteiger partial charge in [0.2, 0.25) is 0 Å². The fraction of sp³-hybridized carbons (Fsp3) is 0.0513. The molecule has 1 unspecified atom stereocenters. The Balaban J connectivity index is 0.733. The second-order valence-electron chi connectivity index (χ2n) is 22.0. The van der Waals surface area contributed by atoms with Gasteiger partial charge in [-0.3, -0.25) is 0 Å². The van der Waals surface area contributed by atoms with Crippen LogP contribution in [0.15, 0.2) is 286 Å². The molecule has 1 heteroatoms. The van der Waals surface area contributed by atoms with E-state index in [9.17, 15) is 0 Å². The van der Waals surface area contributed by atoms with Gasteiger partial charge in [-0.05, 0) is 176 Å². The van der Waals surface area contributed by atoms with Crippen molar-refractivity contribution in [1.29, 1.82) is 0 Å². The summed E-state index contributed by atoms with van der Waals surface area (Å²) in [6.45, 7) is 8.70. The quantitative estimate of drug-likeness (QED) is 0.139. The van der Waals surface area contributed by atoms with Crippen LogP contribution in [0.25, 0.3) is 95.1 Å². The molecule has 0 fully saturated rings. The number of anilines is 3. The standard InChI is InChI=1S/C78H55N/c1-4-51-22-24-58(25-23-51)60-38-45-69-66-17-9-12-20-72(66)78(75(69)48-60)73-21-13-10-18-67(73)70-46-39-61(49-76(70)78)59-32-30-54(31-33-59)53-26-28-55(29-27-53)57-36-42-63(43-37-57)79(62-40-34-56(35-41-62)52-14-6-5-7-15-52)64-44-47-68-65-16-8-11-19-71(65)77(2,3)74(68)50-64/h4-50H,1H2,2-3H3. The summed E-state index contributed by atoms with van der Waals surface area (Å²) in [5.41, 5.74) is 31.9. The van der Waals surface area contributed by atoms with Crippen LogP contribution in [0, 0.1) is 0 Å². The predicted octanol–water partition coefficient (Wildman–Crippen LogP) is 20.8. The van der Waals surface area contributed by atoms with Crippen LogP contribution >= 0.6 is 0 Å². The molecule has 1 spiro atoms. The fourth-order valence-electron chi connectivity index (χ4n) is 13.5. The van der Waals surface area contributed by atoms with E-state index >= 15 is 0 Å². The molecule has 0 amide bonds. The van der Waals surface area contributed by atoms with E-state index in [2.05, 4.69) is 304 Å². The fourth-order valence-corrected chi connectivity index (χ4v) is 13.5. The van der Waals surface area contributed by atoms with E-state index in [0.717, 1.165) is 22.6 Å². The van der Waals surface area contributed by atoms with Crippen LogP contribution in [0.2, 0.25) is 0 Å². The van der Waals surface area contributed by atoms with Crippen molar-refractivity contribution in [3.63, 3.8) is 0 Å². The first-order chi connectivity index (χ1) is 38.8. The summed E-state index contributed by atoms with van der Waals surface area (Å²) in [4.78, 5) is 2.40. The maximum Gasteiger partial charge on any atom is 0.0725 e. The highest BCUT2D eigenvalue weighted by atomic mass is 15.1. The molecule has 15 rings (SSSR count). The number of fused-ring (bicyclic) bond motifs is 13. The van der Waals surface area contributed by atoms with Crippen LogP contribution in [0.3, 0.4) is 0 Å². The van der Waals surface area contributed by atoms with Gasteiger partial charge in [0.15, 0.2) is 0 Å². The maximum atomic E-state index is 3.99. The van der Waals surface area contributed by atoms with Crippen molar-refractivity contribution in [3.8, 4) is 89.0 Å². The Morgan fingerprint density at radius 1 is 0.266 bits per heavy atom. The molecule has 12 aromatic rings. The van der Waals surface area contributed by atoms with E-state index in [1.54, 1.807) is 0 Å². The van der Waals surface area contributed by atoms with E-state index in [1.807, 2.05) is 6.08 Å². The lowest BCUT2D eigenvalue weighted by atomic mass is 9.70. The number of hydrogen-bond donors (Lipinski definition) is 0. The van der Waals surface area contributed by atoms with Gasteiger partial charge >= 0.3 is 0 Å². The van der Waals surface area contributed by atoms with Gasteiger partial charge in [-0.15, -0.1) is 0 Å². The minimum atomic E-state index is -0.450. The van der Waals surface area contributed by atoms with Gasteiger partial charge in [-0.2, -0.15) is 0 Å². The topological polar surface area (TPSA) is 3.24 Å². The predicted molar refractivity (Wildman–Crippen MR) is 332 cm³/mol. The highest BCUT2D eigenvalue weighted by molar-refractivity contribution is 5.97. The molecule has 0 radical (unpaired) electrons. The molecule has 0 aromatic heterocycles. The third-order valence-corrected chi connectivity index (χ3v) is 17.5. The summed E-state index contributed by atoms with van der Waals surface area (Å²) in [5, 5.41) is 0. The largest absolute Gasteiger partial charge is 0.310 e. The van der Waals surface area contributed by atoms with E-state index in [-0.39, 0.29) is 5.41 Å². The summed E-state index contributed by atoms with van der Waals surface area (Å²) >= 11 is 0. The normalized spacial score (nSPS) is 14.7. The van der Waals surface area contributed by atoms with Crippen molar-refractivity contribution in [2.75, 3.05) is 4.90 Å². The monoisotopic (exact) mass is 1010 g/mol. The average Bonchev–Trinajstić information content (AvgIpc) is 2.36. The molecule has 3 aliphatic carbocycles. The molecule has 1 nitrogen and oxygen atoms in total. The highest BCUT2D eigenvalue weighted by Crippen LogP contribution is 2.63. The van der Waals surface area contributed by atoms with Crippen molar-refractivity contribution in [3.05, 3.63) is 325 Å². The molecule has 0 saturated carbocycles. The van der Waals surface area contributed by atoms with Gasteiger partial charge in [0.05, 0.1) is 5.41 Å². The molecule has 79 heavy (non-hydrogen) atoms. The van der Waals surface area contributed by atoms with Crippen molar-refractivity contribution >= 4 is 23.1 Å². The number of hydrogen-bond acceptors (Lipinski definition) is 1. The first-order valence-electron chi connectivity index (χ1n) is 27.6. The van der Waals surface area contributed by atoms with E-state index < -0.39 is 5.41 Å². The third-order valence-electron chi connectivity index (χ3n) is 17.5. The Labute approximate surface area is 463 Å². The number of rotatable bonds is 9. The Morgan fingerprint density at radius 2 is 0.582 bits per heavy atom. The van der Waals surface area contributed by atoms with Gasteiger partial charge in [-0.25, -0.2) is 0 Å². The maximum absolute atomic E-state index is 3.99. The zero-order valence-corrected chi connectivity index (χ0v) is 44.3. The summed E-state index contributed by atoms with van der Waals surface area (Å²) in [6.07, 6.45) is 1.91. The van der Waals surface area contributed by atoms with Crippen LogP contribution in [0.1, 0.15) is 52.8 Å². The van der Waals surface area contributed by atoms with Crippen molar-refractivity contribution in [1.82, 2.24) is 0 Å². The van der Waals surface area contributed by atoms with Gasteiger partial charge < -0.3 is 4.90 Å². The van der Waals surface area contributed by atoms with Crippen LogP contribution in [-0.4, -0.2) is 0 Å². The van der Waals surface area contributed by atoms with Gasteiger partial charge in [0.1, 0.15) is 0 Å². The molecular formula is C78H55N. The third kappa shape index (κ3) is 7.31. The Kier molecular flexibility index (Phi) is 10.7. The molecule has 0 saturated heterocycles. The summed E-state index contributed by atoms with van der Waals surface area (Å²) in [6, 6.07) is 104. The Morgan fingerprint density at radius 3 is 1.05 bits per heavy atom. The first-order valence-corrected chi connectivity index (χ1v) is 27.6. The second-order valence-corrected chi connectivity index (χ2v) is 22.0. The lowest BCUT2D eigenvalue weighted by Gasteiger charge is -2.31. The first kappa shape index (κ1) is 46.5. The molecule has 3 aliphatic rings. The molecule has 12 aromatic carbocycles. The van der Waals surface area contributed by atoms with Crippen LogP contribution < -0.4 is 4.90 Å². The Bertz CT molecular complexity index is 4340. The number of nitrogens with zero attached hydrogens (tertiary/aromatic N) is 1. The van der Waals surface area contributed by atoms with Crippen LogP contribution in [-0.2, 0) is 10.8 Å². The smallest absolute Gasteiger partial charge is 0.0725 e. The van der Waals surface area contributed by atoms with E-state index in [0.29, 0.717) is 0 Å². The highest BCUT2D eigenvalue weighted by Gasteiger charge is 2.52.